The first-order valence-corrected chi connectivity index (χ1v) is 11.5. The molecule has 1 aliphatic rings. The summed E-state index contributed by atoms with van der Waals surface area (Å²) < 4.78 is 10.4. The topological polar surface area (TPSA) is 55.8 Å². The standard InChI is InChI=1S/C18H33NO4S2/c1-14(2)11-17(21)23-10-6-9-22-16(20)7-8-19(18(3,4)5)15-12-24-25-13-15/h14-15H,6-13H2,1-5H3. The van der Waals surface area contributed by atoms with Crippen LogP contribution >= 0.6 is 21.6 Å². The smallest absolute Gasteiger partial charge is 0.307 e. The highest BCUT2D eigenvalue weighted by Crippen LogP contribution is 2.35. The Hall–Kier alpha value is -0.400. The van der Waals surface area contributed by atoms with Crippen molar-refractivity contribution in [3.63, 3.8) is 0 Å². The third-order valence-electron chi connectivity index (χ3n) is 3.85. The van der Waals surface area contributed by atoms with Gasteiger partial charge in [-0.3, -0.25) is 14.5 Å². The van der Waals surface area contributed by atoms with Gasteiger partial charge in [0.15, 0.2) is 0 Å². The van der Waals surface area contributed by atoms with Crippen LogP contribution in [0.5, 0.6) is 0 Å². The molecule has 25 heavy (non-hydrogen) atoms. The number of hydrogen-bond acceptors (Lipinski definition) is 7. The minimum absolute atomic E-state index is 0.0427. The fourth-order valence-electron chi connectivity index (χ4n) is 2.65. The molecule has 0 atom stereocenters. The first kappa shape index (κ1) is 22.6. The first-order chi connectivity index (χ1) is 11.7. The van der Waals surface area contributed by atoms with Crippen molar-refractivity contribution in [3.8, 4) is 0 Å². The predicted molar refractivity (Wildman–Crippen MR) is 106 cm³/mol. The molecule has 0 aromatic carbocycles. The molecule has 0 unspecified atom stereocenters. The number of carbonyl (C=O) groups excluding carboxylic acids is 2. The molecule has 0 radical (unpaired) electrons. The van der Waals surface area contributed by atoms with E-state index in [1.165, 1.54) is 0 Å². The summed E-state index contributed by atoms with van der Waals surface area (Å²) in [7, 11) is 3.81. The molecular formula is C18H33NO4S2. The lowest BCUT2D eigenvalue weighted by Gasteiger charge is -2.39. The first-order valence-electron chi connectivity index (χ1n) is 9.02. The van der Waals surface area contributed by atoms with Gasteiger partial charge in [0.25, 0.3) is 0 Å². The number of carbonyl (C=O) groups is 2. The van der Waals surface area contributed by atoms with Crippen LogP contribution in [-0.2, 0) is 19.1 Å². The van der Waals surface area contributed by atoms with Crippen molar-refractivity contribution in [2.24, 2.45) is 5.92 Å². The zero-order valence-electron chi connectivity index (χ0n) is 16.2. The highest BCUT2D eigenvalue weighted by Gasteiger charge is 2.31. The Morgan fingerprint density at radius 3 is 2.16 bits per heavy atom. The maximum absolute atomic E-state index is 12.0. The Labute approximate surface area is 160 Å². The number of ether oxygens (including phenoxy) is 2. The van der Waals surface area contributed by atoms with E-state index in [0.29, 0.717) is 44.4 Å². The van der Waals surface area contributed by atoms with E-state index in [2.05, 4.69) is 25.7 Å². The van der Waals surface area contributed by atoms with Crippen LogP contribution in [0.2, 0.25) is 0 Å². The Kier molecular flexibility index (Phi) is 10.3. The third-order valence-corrected chi connectivity index (χ3v) is 6.38. The summed E-state index contributed by atoms with van der Waals surface area (Å²) in [5.74, 6) is 2.15. The molecule has 0 saturated carbocycles. The zero-order chi connectivity index (χ0) is 18.9. The van der Waals surface area contributed by atoms with Gasteiger partial charge >= 0.3 is 11.9 Å². The van der Waals surface area contributed by atoms with Crippen LogP contribution in [0, 0.1) is 5.92 Å². The SMILES string of the molecule is CC(C)CC(=O)OCCCOC(=O)CCN(C1CSSC1)C(C)(C)C. The number of hydrogen-bond donors (Lipinski definition) is 0. The van der Waals surface area contributed by atoms with E-state index in [0.717, 1.165) is 18.1 Å². The van der Waals surface area contributed by atoms with E-state index >= 15 is 0 Å². The summed E-state index contributed by atoms with van der Waals surface area (Å²) in [6.07, 6.45) is 1.38. The van der Waals surface area contributed by atoms with Crippen LogP contribution in [0.4, 0.5) is 0 Å². The molecule has 0 bridgehead atoms. The molecule has 1 saturated heterocycles. The van der Waals surface area contributed by atoms with Crippen molar-refractivity contribution in [3.05, 3.63) is 0 Å². The highest BCUT2D eigenvalue weighted by atomic mass is 33.1. The molecule has 5 nitrogen and oxygen atoms in total. The lowest BCUT2D eigenvalue weighted by Crippen LogP contribution is -2.50. The van der Waals surface area contributed by atoms with Gasteiger partial charge in [-0.05, 0) is 26.7 Å². The quantitative estimate of drug-likeness (QED) is 0.319. The third kappa shape index (κ3) is 9.75. The van der Waals surface area contributed by atoms with Crippen LogP contribution in [-0.4, -0.2) is 59.7 Å². The average molecular weight is 392 g/mol. The van der Waals surface area contributed by atoms with Gasteiger partial charge < -0.3 is 9.47 Å². The summed E-state index contributed by atoms with van der Waals surface area (Å²) in [6, 6.07) is 0.517. The fraction of sp³-hybridized carbons (Fsp3) is 0.889. The van der Waals surface area contributed by atoms with Gasteiger partial charge in [-0.25, -0.2) is 0 Å². The number of rotatable bonds is 10. The van der Waals surface area contributed by atoms with Crippen molar-refractivity contribution in [2.45, 2.75) is 65.5 Å². The van der Waals surface area contributed by atoms with E-state index in [1.54, 1.807) is 0 Å². The van der Waals surface area contributed by atoms with Crippen molar-refractivity contribution >= 4 is 33.5 Å². The van der Waals surface area contributed by atoms with Crippen LogP contribution in [0.3, 0.4) is 0 Å². The number of esters is 2. The lowest BCUT2D eigenvalue weighted by molar-refractivity contribution is -0.146. The largest absolute Gasteiger partial charge is 0.466 e. The lowest BCUT2D eigenvalue weighted by atomic mass is 10.0. The van der Waals surface area contributed by atoms with Gasteiger partial charge in [0, 0.05) is 42.5 Å². The van der Waals surface area contributed by atoms with E-state index in [1.807, 2.05) is 35.4 Å². The van der Waals surface area contributed by atoms with Gasteiger partial charge in [0.05, 0.1) is 19.6 Å². The minimum Gasteiger partial charge on any atom is -0.466 e. The molecule has 1 aliphatic heterocycles. The summed E-state index contributed by atoms with van der Waals surface area (Å²) in [5, 5.41) is 0. The summed E-state index contributed by atoms with van der Waals surface area (Å²) in [4.78, 5) is 25.8. The van der Waals surface area contributed by atoms with Gasteiger partial charge in [0.2, 0.25) is 0 Å². The second-order valence-electron chi connectivity index (χ2n) is 7.73. The molecule has 0 spiro atoms. The van der Waals surface area contributed by atoms with E-state index in [4.69, 9.17) is 9.47 Å². The Morgan fingerprint density at radius 2 is 1.64 bits per heavy atom. The van der Waals surface area contributed by atoms with Gasteiger partial charge in [-0.1, -0.05) is 35.4 Å². The zero-order valence-corrected chi connectivity index (χ0v) is 17.8. The molecule has 0 aromatic rings. The minimum atomic E-state index is -0.186. The maximum atomic E-state index is 12.0. The van der Waals surface area contributed by atoms with Crippen molar-refractivity contribution < 1.29 is 19.1 Å². The van der Waals surface area contributed by atoms with Crippen LogP contribution in [0.25, 0.3) is 0 Å². The Morgan fingerprint density at radius 1 is 1.08 bits per heavy atom. The summed E-state index contributed by atoms with van der Waals surface area (Å²) in [6.45, 7) is 11.9. The van der Waals surface area contributed by atoms with Crippen molar-refractivity contribution in [1.29, 1.82) is 0 Å². The average Bonchev–Trinajstić information content (AvgIpc) is 2.98. The highest BCUT2D eigenvalue weighted by molar-refractivity contribution is 8.77. The second kappa shape index (κ2) is 11.3. The van der Waals surface area contributed by atoms with Crippen molar-refractivity contribution in [1.82, 2.24) is 4.90 Å². The monoisotopic (exact) mass is 391 g/mol. The van der Waals surface area contributed by atoms with Crippen molar-refractivity contribution in [2.75, 3.05) is 31.3 Å². The molecule has 0 aliphatic carbocycles. The van der Waals surface area contributed by atoms with Gasteiger partial charge in [0.1, 0.15) is 0 Å². The maximum Gasteiger partial charge on any atom is 0.307 e. The predicted octanol–water partition coefficient (Wildman–Crippen LogP) is 3.76. The molecular weight excluding hydrogens is 358 g/mol. The second-order valence-corrected chi connectivity index (χ2v) is 10.3. The Bertz CT molecular complexity index is 418. The molecule has 1 rings (SSSR count). The molecule has 7 heteroatoms. The molecule has 146 valence electrons. The molecule has 1 fully saturated rings. The normalized spacial score (nSPS) is 15.8. The summed E-state index contributed by atoms with van der Waals surface area (Å²) >= 11 is 0. The van der Waals surface area contributed by atoms with E-state index < -0.39 is 0 Å². The molecule has 0 N–H and O–H groups in total. The molecule has 1 heterocycles. The van der Waals surface area contributed by atoms with E-state index in [-0.39, 0.29) is 17.5 Å². The Balaban J connectivity index is 2.19. The number of nitrogens with zero attached hydrogens (tertiary/aromatic N) is 1. The van der Waals surface area contributed by atoms with Crippen LogP contribution < -0.4 is 0 Å². The van der Waals surface area contributed by atoms with Crippen LogP contribution in [0.1, 0.15) is 53.9 Å². The van der Waals surface area contributed by atoms with Gasteiger partial charge in [-0.2, -0.15) is 0 Å². The van der Waals surface area contributed by atoms with Crippen LogP contribution in [0.15, 0.2) is 0 Å². The molecule has 0 aromatic heterocycles. The van der Waals surface area contributed by atoms with Gasteiger partial charge in [-0.15, -0.1) is 0 Å². The fourth-order valence-corrected chi connectivity index (χ4v) is 5.43. The summed E-state index contributed by atoms with van der Waals surface area (Å²) in [5.41, 5.74) is 0.0427. The van der Waals surface area contributed by atoms with E-state index in [9.17, 15) is 9.59 Å². The molecule has 0 amide bonds.